The van der Waals surface area contributed by atoms with E-state index < -0.39 is 0 Å². The smallest absolute Gasteiger partial charge is 0.0402 e. The van der Waals surface area contributed by atoms with Crippen molar-refractivity contribution in [2.24, 2.45) is 0 Å². The van der Waals surface area contributed by atoms with Gasteiger partial charge < -0.3 is 35.7 Å². The molecule has 7 heteroatoms. The van der Waals surface area contributed by atoms with Gasteiger partial charge in [-0.05, 0) is 20.8 Å². The van der Waals surface area contributed by atoms with E-state index in [0.717, 1.165) is 28.4 Å². The lowest BCUT2D eigenvalue weighted by molar-refractivity contribution is 0.318. The third-order valence-corrected chi connectivity index (χ3v) is 0. The van der Waals surface area contributed by atoms with Gasteiger partial charge in [0.05, 0.1) is 0 Å². The molecular weight excluding hydrogens is 232 g/mol. The van der Waals surface area contributed by atoms with Gasteiger partial charge in [0.15, 0.2) is 0 Å². The zero-order valence-electron chi connectivity index (χ0n) is 12.3. The summed E-state index contributed by atoms with van der Waals surface area (Å²) < 4.78 is 0. The minimum absolute atomic E-state index is 0.250. The Morgan fingerprint density at radius 2 is 0.412 bits per heavy atom. The second-order valence-electron chi connectivity index (χ2n) is 0.949. The predicted molar refractivity (Wildman–Crippen MR) is 70.9 cm³/mol. The molecule has 17 heavy (non-hydrogen) atoms. The second-order valence-corrected chi connectivity index (χ2v) is 0.949. The van der Waals surface area contributed by atoms with Gasteiger partial charge in [0.25, 0.3) is 0 Å². The normalized spacial score (nSPS) is 4.59. The fourth-order valence-electron chi connectivity index (χ4n) is 0. The van der Waals surface area contributed by atoms with Crippen molar-refractivity contribution in [1.29, 1.82) is 0 Å². The lowest BCUT2D eigenvalue weighted by atomic mass is 10.9. The van der Waals surface area contributed by atoms with Crippen molar-refractivity contribution in [3.63, 3.8) is 0 Å². The average Bonchev–Trinajstić information content (AvgIpc) is 2.41. The maximum atomic E-state index is 7.57. The highest BCUT2D eigenvalue weighted by Crippen LogP contribution is 1.30. The van der Waals surface area contributed by atoms with Crippen molar-refractivity contribution in [3.05, 3.63) is 0 Å². The summed E-state index contributed by atoms with van der Waals surface area (Å²) in [5.41, 5.74) is 0. The molecule has 0 aromatic rings. The van der Waals surface area contributed by atoms with Gasteiger partial charge >= 0.3 is 0 Å². The number of hydrogen-bond acceptors (Lipinski definition) is 7. The predicted octanol–water partition coefficient (Wildman–Crippen LogP) is -1.57. The minimum Gasteiger partial charge on any atom is -0.400 e. The van der Waals surface area contributed by atoms with Gasteiger partial charge in [0.1, 0.15) is 0 Å². The topological polar surface area (TPSA) is 142 Å². The molecule has 0 aromatic carbocycles. The fraction of sp³-hybridized carbons (Fsp3) is 1.00. The Kier molecular flexibility index (Phi) is 1180. The van der Waals surface area contributed by atoms with Crippen molar-refractivity contribution in [3.8, 4) is 0 Å². The van der Waals surface area contributed by atoms with Crippen molar-refractivity contribution in [2.45, 2.75) is 20.8 Å². The van der Waals surface area contributed by atoms with E-state index in [1.54, 1.807) is 20.8 Å². The second kappa shape index (κ2) is 460. The van der Waals surface area contributed by atoms with Crippen LogP contribution >= 0.6 is 0 Å². The van der Waals surface area contributed by atoms with Crippen LogP contribution in [0.5, 0.6) is 0 Å². The Bertz CT molecular complexity index is 21.4. The van der Waals surface area contributed by atoms with E-state index in [1.165, 1.54) is 0 Å². The molecule has 0 aliphatic rings. The van der Waals surface area contributed by atoms with E-state index >= 15 is 0 Å². The van der Waals surface area contributed by atoms with Crippen LogP contribution in [0.15, 0.2) is 0 Å². The van der Waals surface area contributed by atoms with Gasteiger partial charge in [-0.25, -0.2) is 0 Å². The molecule has 0 fully saturated rings. The van der Waals surface area contributed by atoms with Crippen molar-refractivity contribution < 1.29 is 35.7 Å². The molecule has 7 nitrogen and oxygen atoms in total. The molecule has 0 rings (SSSR count). The average molecular weight is 266 g/mol. The molecule has 116 valence electrons. The molecular formula is C10H34O7. The SMILES string of the molecule is CCO.CCO.CCO.CO.CO.CO.CO. The fourth-order valence-corrected chi connectivity index (χ4v) is 0. The highest BCUT2D eigenvalue weighted by Gasteiger charge is 1.35. The van der Waals surface area contributed by atoms with E-state index in [4.69, 9.17) is 35.7 Å². The Hall–Kier alpha value is -0.280. The monoisotopic (exact) mass is 266 g/mol. The minimum atomic E-state index is 0.250. The summed E-state index contributed by atoms with van der Waals surface area (Å²) in [5.74, 6) is 0. The largest absolute Gasteiger partial charge is 0.400 e. The summed E-state index contributed by atoms with van der Waals surface area (Å²) in [6.45, 7) is 5.79. The molecule has 0 radical (unpaired) electrons. The van der Waals surface area contributed by atoms with Gasteiger partial charge in [-0.3, -0.25) is 0 Å². The Morgan fingerprint density at radius 3 is 0.412 bits per heavy atom. The Labute approximate surface area is 106 Å². The summed E-state index contributed by atoms with van der Waals surface area (Å²) in [7, 11) is 4.00. The number of hydrogen-bond donors (Lipinski definition) is 7. The zero-order valence-corrected chi connectivity index (χ0v) is 12.3. The van der Waals surface area contributed by atoms with E-state index in [2.05, 4.69) is 0 Å². The molecule has 0 saturated heterocycles. The maximum Gasteiger partial charge on any atom is 0.0402 e. The first kappa shape index (κ1) is 43.7. The summed E-state index contributed by atoms with van der Waals surface area (Å²) in [4.78, 5) is 0. The summed E-state index contributed by atoms with van der Waals surface area (Å²) >= 11 is 0. The van der Waals surface area contributed by atoms with Crippen molar-refractivity contribution >= 4 is 0 Å². The van der Waals surface area contributed by atoms with E-state index in [-0.39, 0.29) is 19.8 Å². The third kappa shape index (κ3) is 37700. The molecule has 0 aliphatic carbocycles. The third-order valence-electron chi connectivity index (χ3n) is 0. The van der Waals surface area contributed by atoms with Crippen LogP contribution in [0.4, 0.5) is 0 Å². The molecule has 0 amide bonds. The molecule has 0 aromatic heterocycles. The summed E-state index contributed by atoms with van der Waals surface area (Å²) in [5, 5.41) is 50.7. The van der Waals surface area contributed by atoms with Crippen LogP contribution in [-0.4, -0.2) is 84.0 Å². The first-order chi connectivity index (χ1) is 8.24. The Balaban J connectivity index is -0.0000000139. The van der Waals surface area contributed by atoms with Gasteiger partial charge in [-0.2, -0.15) is 0 Å². The van der Waals surface area contributed by atoms with Crippen LogP contribution in [0.25, 0.3) is 0 Å². The lowest BCUT2D eigenvalue weighted by Gasteiger charge is -1.52. The highest BCUT2D eigenvalue weighted by molar-refractivity contribution is 3.84. The molecule has 0 saturated carbocycles. The van der Waals surface area contributed by atoms with Gasteiger partial charge in [0.2, 0.25) is 0 Å². The van der Waals surface area contributed by atoms with Gasteiger partial charge in [-0.1, -0.05) is 0 Å². The van der Waals surface area contributed by atoms with Crippen LogP contribution < -0.4 is 0 Å². The van der Waals surface area contributed by atoms with Crippen LogP contribution in [-0.2, 0) is 0 Å². The summed E-state index contributed by atoms with van der Waals surface area (Å²) in [6, 6.07) is 0. The first-order valence-corrected chi connectivity index (χ1v) is 4.86. The molecule has 0 atom stereocenters. The van der Waals surface area contributed by atoms with Gasteiger partial charge in [0, 0.05) is 48.3 Å². The number of rotatable bonds is 0. The first-order valence-electron chi connectivity index (χ1n) is 4.86. The molecule has 0 aliphatic heterocycles. The van der Waals surface area contributed by atoms with Gasteiger partial charge in [-0.15, -0.1) is 0 Å². The lowest BCUT2D eigenvalue weighted by Crippen LogP contribution is -1.57. The zero-order chi connectivity index (χ0) is 16.1. The van der Waals surface area contributed by atoms with Crippen molar-refractivity contribution in [2.75, 3.05) is 48.3 Å². The highest BCUT2D eigenvalue weighted by atomic mass is 16.3. The Morgan fingerprint density at radius 1 is 0.412 bits per heavy atom. The molecule has 0 heterocycles. The molecule has 0 bridgehead atoms. The molecule has 7 N–H and O–H groups in total. The van der Waals surface area contributed by atoms with Crippen LogP contribution in [0.2, 0.25) is 0 Å². The summed E-state index contributed by atoms with van der Waals surface area (Å²) in [6.07, 6.45) is 0. The van der Waals surface area contributed by atoms with E-state index in [0.29, 0.717) is 0 Å². The standard InChI is InChI=1S/3C2H6O.4CH4O/c3*1-2-3;4*1-2/h3*3H,2H2,1H3;4*2H,1H3. The van der Waals surface area contributed by atoms with Crippen LogP contribution in [0, 0.1) is 0 Å². The van der Waals surface area contributed by atoms with Crippen LogP contribution in [0.3, 0.4) is 0 Å². The quantitative estimate of drug-likeness (QED) is 0.281. The maximum absolute atomic E-state index is 7.57. The molecule has 0 spiro atoms. The molecule has 0 unspecified atom stereocenters. The van der Waals surface area contributed by atoms with Crippen LogP contribution in [0.1, 0.15) is 20.8 Å². The van der Waals surface area contributed by atoms with E-state index in [1.807, 2.05) is 0 Å². The van der Waals surface area contributed by atoms with E-state index in [9.17, 15) is 0 Å². The number of aliphatic hydroxyl groups excluding tert-OH is 7. The van der Waals surface area contributed by atoms with Crippen molar-refractivity contribution in [1.82, 2.24) is 0 Å². The number of aliphatic hydroxyl groups is 7.